The van der Waals surface area contributed by atoms with Crippen LogP contribution in [0.5, 0.6) is 5.75 Å². The van der Waals surface area contributed by atoms with Crippen LogP contribution in [0.15, 0.2) is 30.3 Å². The van der Waals surface area contributed by atoms with Crippen LogP contribution in [0.25, 0.3) is 0 Å². The van der Waals surface area contributed by atoms with Crippen LogP contribution in [0.1, 0.15) is 6.42 Å². The second kappa shape index (κ2) is 7.65. The molecule has 0 radical (unpaired) electrons. The Kier molecular flexibility index (Phi) is 6.06. The Morgan fingerprint density at radius 1 is 1.35 bits per heavy atom. The molecule has 0 spiro atoms. The van der Waals surface area contributed by atoms with Crippen LogP contribution in [0, 0.1) is 0 Å². The quantitative estimate of drug-likeness (QED) is 0.622. The highest BCUT2D eigenvalue weighted by atomic mass is 16.5. The zero-order chi connectivity index (χ0) is 12.5. The van der Waals surface area contributed by atoms with Gasteiger partial charge >= 0.3 is 0 Å². The maximum Gasteiger partial charge on any atom is 0.223 e. The minimum Gasteiger partial charge on any atom is -0.493 e. The van der Waals surface area contributed by atoms with Crippen molar-refractivity contribution in [2.24, 2.45) is 0 Å². The number of aliphatic hydroxyl groups is 2. The maximum absolute atomic E-state index is 11.3. The van der Waals surface area contributed by atoms with Crippen LogP contribution in [0.3, 0.4) is 0 Å². The molecule has 0 saturated carbocycles. The third-order valence-corrected chi connectivity index (χ3v) is 2.09. The van der Waals surface area contributed by atoms with Crippen LogP contribution in [0.2, 0.25) is 0 Å². The van der Waals surface area contributed by atoms with Gasteiger partial charge in [-0.1, -0.05) is 18.2 Å². The van der Waals surface area contributed by atoms with Gasteiger partial charge in [-0.15, -0.1) is 0 Å². The van der Waals surface area contributed by atoms with Crippen molar-refractivity contribution in [3.8, 4) is 5.75 Å². The van der Waals surface area contributed by atoms with E-state index < -0.39 is 6.10 Å². The van der Waals surface area contributed by atoms with E-state index in [2.05, 4.69) is 5.32 Å². The summed E-state index contributed by atoms with van der Waals surface area (Å²) in [6.07, 6.45) is -0.693. The SMILES string of the molecule is O=C(CCOc1ccccc1)NCC(O)CO. The molecule has 1 unspecified atom stereocenters. The number of ether oxygens (including phenoxy) is 1. The largest absolute Gasteiger partial charge is 0.493 e. The third-order valence-electron chi connectivity index (χ3n) is 2.09. The predicted molar refractivity (Wildman–Crippen MR) is 62.7 cm³/mol. The molecule has 94 valence electrons. The van der Waals surface area contributed by atoms with E-state index >= 15 is 0 Å². The van der Waals surface area contributed by atoms with Gasteiger partial charge in [-0.3, -0.25) is 4.79 Å². The number of nitrogens with one attached hydrogen (secondary N) is 1. The maximum atomic E-state index is 11.3. The van der Waals surface area contributed by atoms with Gasteiger partial charge in [0, 0.05) is 6.54 Å². The first-order valence-electron chi connectivity index (χ1n) is 5.46. The molecule has 0 saturated heterocycles. The van der Waals surface area contributed by atoms with Gasteiger partial charge in [0.15, 0.2) is 0 Å². The van der Waals surface area contributed by atoms with E-state index in [4.69, 9.17) is 14.9 Å². The molecule has 0 bridgehead atoms. The van der Waals surface area contributed by atoms with Crippen LogP contribution in [-0.4, -0.2) is 42.0 Å². The predicted octanol–water partition coefficient (Wildman–Crippen LogP) is -0.0751. The smallest absolute Gasteiger partial charge is 0.223 e. The highest BCUT2D eigenvalue weighted by Gasteiger charge is 2.05. The van der Waals surface area contributed by atoms with Crippen molar-refractivity contribution < 1.29 is 19.7 Å². The number of aliphatic hydroxyl groups excluding tert-OH is 2. The van der Waals surface area contributed by atoms with Crippen molar-refractivity contribution in [2.45, 2.75) is 12.5 Å². The number of carbonyl (C=O) groups is 1. The van der Waals surface area contributed by atoms with Gasteiger partial charge in [-0.25, -0.2) is 0 Å². The topological polar surface area (TPSA) is 78.8 Å². The summed E-state index contributed by atoms with van der Waals surface area (Å²) in [4.78, 5) is 11.3. The summed E-state index contributed by atoms with van der Waals surface area (Å²) in [6.45, 7) is -0.0213. The van der Waals surface area contributed by atoms with Crippen LogP contribution >= 0.6 is 0 Å². The Bertz CT molecular complexity index is 329. The van der Waals surface area contributed by atoms with Gasteiger partial charge in [-0.05, 0) is 12.1 Å². The average Bonchev–Trinajstić information content (AvgIpc) is 2.37. The number of benzene rings is 1. The molecule has 0 aliphatic carbocycles. The van der Waals surface area contributed by atoms with E-state index in [1.807, 2.05) is 30.3 Å². The number of carbonyl (C=O) groups excluding carboxylic acids is 1. The van der Waals surface area contributed by atoms with E-state index in [9.17, 15) is 4.79 Å². The molecular weight excluding hydrogens is 222 g/mol. The summed E-state index contributed by atoms with van der Waals surface area (Å²) in [7, 11) is 0. The first kappa shape index (κ1) is 13.5. The Labute approximate surface area is 100 Å². The van der Waals surface area contributed by atoms with Crippen molar-refractivity contribution in [2.75, 3.05) is 19.8 Å². The third kappa shape index (κ3) is 5.89. The number of rotatable bonds is 7. The highest BCUT2D eigenvalue weighted by Crippen LogP contribution is 2.08. The van der Waals surface area contributed by atoms with E-state index in [0.29, 0.717) is 0 Å². The van der Waals surface area contributed by atoms with Gasteiger partial charge in [0.25, 0.3) is 0 Å². The van der Waals surface area contributed by atoms with Crippen molar-refractivity contribution in [1.82, 2.24) is 5.32 Å². The minimum atomic E-state index is -0.908. The molecule has 1 atom stereocenters. The molecule has 1 rings (SSSR count). The number of hydrogen-bond acceptors (Lipinski definition) is 4. The van der Waals surface area contributed by atoms with Crippen molar-refractivity contribution in [3.63, 3.8) is 0 Å². The first-order chi connectivity index (χ1) is 8.22. The molecule has 1 amide bonds. The summed E-state index contributed by atoms with van der Waals surface area (Å²) in [5, 5.41) is 20.1. The minimum absolute atomic E-state index is 0.0562. The lowest BCUT2D eigenvalue weighted by molar-refractivity contribution is -0.122. The molecule has 3 N–H and O–H groups in total. The lowest BCUT2D eigenvalue weighted by atomic mass is 10.3. The lowest BCUT2D eigenvalue weighted by Crippen LogP contribution is -2.34. The van der Waals surface area contributed by atoms with Crippen molar-refractivity contribution in [1.29, 1.82) is 0 Å². The molecule has 0 aliphatic heterocycles. The fourth-order valence-corrected chi connectivity index (χ4v) is 1.16. The first-order valence-corrected chi connectivity index (χ1v) is 5.46. The van der Waals surface area contributed by atoms with Crippen LogP contribution < -0.4 is 10.1 Å². The van der Waals surface area contributed by atoms with Gasteiger partial charge in [0.2, 0.25) is 5.91 Å². The van der Waals surface area contributed by atoms with Crippen molar-refractivity contribution in [3.05, 3.63) is 30.3 Å². The summed E-state index contributed by atoms with van der Waals surface area (Å²) in [5.41, 5.74) is 0. The molecule has 1 aromatic carbocycles. The summed E-state index contributed by atoms with van der Waals surface area (Å²) < 4.78 is 5.34. The van der Waals surface area contributed by atoms with Gasteiger partial charge in [0.1, 0.15) is 5.75 Å². The Morgan fingerprint density at radius 2 is 2.06 bits per heavy atom. The molecule has 1 aromatic rings. The molecule has 0 aromatic heterocycles. The summed E-state index contributed by atoms with van der Waals surface area (Å²) >= 11 is 0. The van der Waals surface area contributed by atoms with Gasteiger partial charge in [-0.2, -0.15) is 0 Å². The van der Waals surface area contributed by atoms with E-state index in [-0.39, 0.29) is 32.1 Å². The molecule has 5 nitrogen and oxygen atoms in total. The Balaban J connectivity index is 2.12. The monoisotopic (exact) mass is 239 g/mol. The summed E-state index contributed by atoms with van der Waals surface area (Å²) in [5.74, 6) is 0.504. The van der Waals surface area contributed by atoms with Crippen molar-refractivity contribution >= 4 is 5.91 Å². The zero-order valence-electron chi connectivity index (χ0n) is 9.50. The zero-order valence-corrected chi connectivity index (χ0v) is 9.50. The number of amides is 1. The molecule has 5 heteroatoms. The second-order valence-electron chi connectivity index (χ2n) is 3.55. The molecule has 0 heterocycles. The van der Waals surface area contributed by atoms with Crippen LogP contribution in [-0.2, 0) is 4.79 Å². The lowest BCUT2D eigenvalue weighted by Gasteiger charge is -2.09. The Morgan fingerprint density at radius 3 is 2.71 bits per heavy atom. The fourth-order valence-electron chi connectivity index (χ4n) is 1.16. The van der Waals surface area contributed by atoms with E-state index in [0.717, 1.165) is 5.75 Å². The van der Waals surface area contributed by atoms with Gasteiger partial charge < -0.3 is 20.3 Å². The fraction of sp³-hybridized carbons (Fsp3) is 0.417. The number of hydrogen-bond donors (Lipinski definition) is 3. The normalized spacial score (nSPS) is 11.9. The molecule has 17 heavy (non-hydrogen) atoms. The standard InChI is InChI=1S/C12H17NO4/c14-9-10(15)8-13-12(16)6-7-17-11-4-2-1-3-5-11/h1-5,10,14-15H,6-9H2,(H,13,16). The molecule has 0 fully saturated rings. The van der Waals surface area contributed by atoms with Crippen LogP contribution in [0.4, 0.5) is 0 Å². The van der Waals surface area contributed by atoms with E-state index in [1.54, 1.807) is 0 Å². The molecular formula is C12H17NO4. The second-order valence-corrected chi connectivity index (χ2v) is 3.55. The van der Waals surface area contributed by atoms with Gasteiger partial charge in [0.05, 0.1) is 25.7 Å². The number of para-hydroxylation sites is 1. The summed E-state index contributed by atoms with van der Waals surface area (Å²) in [6, 6.07) is 9.22. The highest BCUT2D eigenvalue weighted by molar-refractivity contribution is 5.76. The Hall–Kier alpha value is -1.59. The van der Waals surface area contributed by atoms with E-state index in [1.165, 1.54) is 0 Å². The average molecular weight is 239 g/mol. The molecule has 0 aliphatic rings.